The lowest BCUT2D eigenvalue weighted by molar-refractivity contribution is -0.148. The number of benzene rings is 1. The van der Waals surface area contributed by atoms with Crippen LogP contribution in [-0.4, -0.2) is 58.0 Å². The summed E-state index contributed by atoms with van der Waals surface area (Å²) in [5.41, 5.74) is 1.40. The van der Waals surface area contributed by atoms with Gasteiger partial charge in [-0.15, -0.1) is 0 Å². The summed E-state index contributed by atoms with van der Waals surface area (Å²) in [4.78, 5) is 26.4. The SMILES string of the molecule is CCOc1cc(N2CCOCC2)c(OCC)cc1NC(=O)COC(=O)[C@@H]1C[C@@H]1C. The second kappa shape index (κ2) is 9.82. The summed E-state index contributed by atoms with van der Waals surface area (Å²) < 4.78 is 22.1. The summed E-state index contributed by atoms with van der Waals surface area (Å²) in [5, 5.41) is 2.79. The van der Waals surface area contributed by atoms with Crippen LogP contribution in [0.25, 0.3) is 0 Å². The minimum Gasteiger partial charge on any atom is -0.492 e. The standard InChI is InChI=1S/C21H30N2O6/c1-4-27-18-12-17(23-6-8-26-9-7-23)19(28-5-2)11-16(18)22-20(24)13-29-21(25)15-10-14(15)3/h11-12,14-15H,4-10,13H2,1-3H3,(H,22,24)/t14-,15+/m0/s1. The highest BCUT2D eigenvalue weighted by atomic mass is 16.5. The molecule has 8 heteroatoms. The zero-order valence-electron chi connectivity index (χ0n) is 17.4. The fourth-order valence-corrected chi connectivity index (χ4v) is 3.32. The van der Waals surface area contributed by atoms with Crippen LogP contribution in [0.2, 0.25) is 0 Å². The van der Waals surface area contributed by atoms with Crippen LogP contribution in [0, 0.1) is 11.8 Å². The highest BCUT2D eigenvalue weighted by molar-refractivity contribution is 5.95. The van der Waals surface area contributed by atoms with Crippen LogP contribution in [-0.2, 0) is 19.1 Å². The van der Waals surface area contributed by atoms with Gasteiger partial charge < -0.3 is 29.2 Å². The Labute approximate surface area is 171 Å². The molecule has 0 aromatic heterocycles. The Balaban J connectivity index is 1.74. The third-order valence-electron chi connectivity index (χ3n) is 5.04. The van der Waals surface area contributed by atoms with Gasteiger partial charge in [0.15, 0.2) is 6.61 Å². The fraction of sp³-hybridized carbons (Fsp3) is 0.619. The van der Waals surface area contributed by atoms with Crippen LogP contribution in [0.15, 0.2) is 12.1 Å². The molecule has 160 valence electrons. The van der Waals surface area contributed by atoms with Gasteiger partial charge in [0.05, 0.1) is 43.7 Å². The van der Waals surface area contributed by atoms with Crippen molar-refractivity contribution in [3.05, 3.63) is 12.1 Å². The van der Waals surface area contributed by atoms with E-state index in [2.05, 4.69) is 10.2 Å². The number of nitrogens with zero attached hydrogens (tertiary/aromatic N) is 1. The lowest BCUT2D eigenvalue weighted by Gasteiger charge is -2.31. The molecule has 29 heavy (non-hydrogen) atoms. The van der Waals surface area contributed by atoms with E-state index in [9.17, 15) is 9.59 Å². The molecular formula is C21H30N2O6. The van der Waals surface area contributed by atoms with Gasteiger partial charge in [-0.05, 0) is 26.2 Å². The predicted octanol–water partition coefficient (Wildman–Crippen LogP) is 2.46. The van der Waals surface area contributed by atoms with Gasteiger partial charge in [-0.25, -0.2) is 0 Å². The zero-order chi connectivity index (χ0) is 20.8. The molecule has 1 N–H and O–H groups in total. The van der Waals surface area contributed by atoms with Gasteiger partial charge in [-0.2, -0.15) is 0 Å². The first-order valence-electron chi connectivity index (χ1n) is 10.3. The number of amides is 1. The molecule has 1 aliphatic heterocycles. The first-order chi connectivity index (χ1) is 14.0. The van der Waals surface area contributed by atoms with Gasteiger partial charge >= 0.3 is 5.97 Å². The first-order valence-corrected chi connectivity index (χ1v) is 10.3. The summed E-state index contributed by atoms with van der Waals surface area (Å²) in [5.74, 6) is 0.769. The second-order valence-corrected chi connectivity index (χ2v) is 7.26. The van der Waals surface area contributed by atoms with E-state index in [0.29, 0.717) is 49.5 Å². The van der Waals surface area contributed by atoms with Crippen molar-refractivity contribution in [2.75, 3.05) is 56.3 Å². The number of morpholine rings is 1. The number of ether oxygens (including phenoxy) is 4. The van der Waals surface area contributed by atoms with Gasteiger partial charge in [0.2, 0.25) is 0 Å². The lowest BCUT2D eigenvalue weighted by atomic mass is 10.2. The Morgan fingerprint density at radius 2 is 1.79 bits per heavy atom. The van der Waals surface area contributed by atoms with Crippen LogP contribution in [0.1, 0.15) is 27.2 Å². The third kappa shape index (κ3) is 5.53. The van der Waals surface area contributed by atoms with E-state index in [4.69, 9.17) is 18.9 Å². The normalized spacial score (nSPS) is 20.7. The highest BCUT2D eigenvalue weighted by Crippen LogP contribution is 2.40. The zero-order valence-corrected chi connectivity index (χ0v) is 17.4. The molecule has 1 heterocycles. The van der Waals surface area contributed by atoms with Crippen LogP contribution >= 0.6 is 0 Å². The Bertz CT molecular complexity index is 732. The smallest absolute Gasteiger partial charge is 0.309 e. The average molecular weight is 406 g/mol. The summed E-state index contributed by atoms with van der Waals surface area (Å²) in [6.07, 6.45) is 0.829. The van der Waals surface area contributed by atoms with Crippen molar-refractivity contribution >= 4 is 23.3 Å². The molecule has 8 nitrogen and oxygen atoms in total. The van der Waals surface area contributed by atoms with Gasteiger partial charge in [0.1, 0.15) is 11.5 Å². The van der Waals surface area contributed by atoms with Crippen molar-refractivity contribution < 1.29 is 28.5 Å². The Hall–Kier alpha value is -2.48. The van der Waals surface area contributed by atoms with E-state index >= 15 is 0 Å². The Morgan fingerprint density at radius 1 is 1.14 bits per heavy atom. The number of hydrogen-bond donors (Lipinski definition) is 1. The summed E-state index contributed by atoms with van der Waals surface area (Å²) >= 11 is 0. The van der Waals surface area contributed by atoms with Crippen LogP contribution in [0.4, 0.5) is 11.4 Å². The molecule has 0 spiro atoms. The molecule has 2 fully saturated rings. The van der Waals surface area contributed by atoms with E-state index in [-0.39, 0.29) is 18.5 Å². The van der Waals surface area contributed by atoms with E-state index < -0.39 is 5.91 Å². The number of carbonyl (C=O) groups is 2. The average Bonchev–Trinajstić information content (AvgIpc) is 3.45. The quantitative estimate of drug-likeness (QED) is 0.631. The summed E-state index contributed by atoms with van der Waals surface area (Å²) in [6, 6.07) is 3.65. The first kappa shape index (κ1) is 21.2. The Morgan fingerprint density at radius 3 is 2.41 bits per heavy atom. The third-order valence-corrected chi connectivity index (χ3v) is 5.04. The molecule has 2 atom stereocenters. The largest absolute Gasteiger partial charge is 0.492 e. The number of esters is 1. The molecule has 0 radical (unpaired) electrons. The maximum Gasteiger partial charge on any atom is 0.309 e. The summed E-state index contributed by atoms with van der Waals surface area (Å²) in [6.45, 7) is 9.24. The van der Waals surface area contributed by atoms with Crippen molar-refractivity contribution in [3.8, 4) is 11.5 Å². The monoisotopic (exact) mass is 406 g/mol. The number of rotatable bonds is 9. The molecular weight excluding hydrogens is 376 g/mol. The molecule has 1 saturated carbocycles. The Kier molecular flexibility index (Phi) is 7.19. The molecule has 0 unspecified atom stereocenters. The lowest BCUT2D eigenvalue weighted by Crippen LogP contribution is -2.36. The molecule has 3 rings (SSSR count). The van der Waals surface area contributed by atoms with Gasteiger partial charge in [-0.1, -0.05) is 6.92 Å². The van der Waals surface area contributed by atoms with E-state index in [1.54, 1.807) is 6.07 Å². The topological polar surface area (TPSA) is 86.3 Å². The van der Waals surface area contributed by atoms with Crippen LogP contribution in [0.5, 0.6) is 11.5 Å². The predicted molar refractivity (Wildman–Crippen MR) is 109 cm³/mol. The second-order valence-electron chi connectivity index (χ2n) is 7.26. The van der Waals surface area contributed by atoms with Crippen molar-refractivity contribution in [1.29, 1.82) is 0 Å². The van der Waals surface area contributed by atoms with Crippen LogP contribution < -0.4 is 19.7 Å². The van der Waals surface area contributed by atoms with Crippen LogP contribution in [0.3, 0.4) is 0 Å². The maximum atomic E-state index is 12.3. The van der Waals surface area contributed by atoms with Crippen molar-refractivity contribution in [1.82, 2.24) is 0 Å². The molecule has 1 saturated heterocycles. The van der Waals surface area contributed by atoms with Crippen molar-refractivity contribution in [2.45, 2.75) is 27.2 Å². The van der Waals surface area contributed by atoms with Gasteiger partial charge in [0.25, 0.3) is 5.91 Å². The summed E-state index contributed by atoms with van der Waals surface area (Å²) in [7, 11) is 0. The van der Waals surface area contributed by atoms with Gasteiger partial charge in [0, 0.05) is 25.2 Å². The molecule has 1 aromatic rings. The number of nitrogens with one attached hydrogen (secondary N) is 1. The molecule has 1 aromatic carbocycles. The number of anilines is 2. The molecule has 1 amide bonds. The minimum absolute atomic E-state index is 0.0702. The van der Waals surface area contributed by atoms with E-state index in [0.717, 1.165) is 25.2 Å². The van der Waals surface area contributed by atoms with Crippen molar-refractivity contribution in [2.24, 2.45) is 11.8 Å². The molecule has 0 bridgehead atoms. The molecule has 2 aliphatic rings. The highest BCUT2D eigenvalue weighted by Gasteiger charge is 2.40. The maximum absolute atomic E-state index is 12.3. The number of hydrogen-bond acceptors (Lipinski definition) is 7. The number of carbonyl (C=O) groups excluding carboxylic acids is 2. The van der Waals surface area contributed by atoms with Crippen molar-refractivity contribution in [3.63, 3.8) is 0 Å². The van der Waals surface area contributed by atoms with E-state index in [1.165, 1.54) is 0 Å². The van der Waals surface area contributed by atoms with Gasteiger partial charge in [-0.3, -0.25) is 9.59 Å². The minimum atomic E-state index is -0.408. The fourth-order valence-electron chi connectivity index (χ4n) is 3.32. The molecule has 1 aliphatic carbocycles. The van der Waals surface area contributed by atoms with E-state index in [1.807, 2.05) is 26.8 Å².